The average molecular weight is 238 g/mol. The van der Waals surface area contributed by atoms with Crippen LogP contribution in [0.15, 0.2) is 0 Å². The van der Waals surface area contributed by atoms with Crippen LogP contribution < -0.4 is 5.32 Å². The highest BCUT2D eigenvalue weighted by Gasteiger charge is 2.37. The van der Waals surface area contributed by atoms with Gasteiger partial charge in [-0.2, -0.15) is 0 Å². The Bertz CT molecular complexity index is 241. The van der Waals surface area contributed by atoms with Crippen molar-refractivity contribution in [1.29, 1.82) is 0 Å². The van der Waals surface area contributed by atoms with Gasteiger partial charge < -0.3 is 5.32 Å². The van der Waals surface area contributed by atoms with Crippen LogP contribution in [0.3, 0.4) is 0 Å². The van der Waals surface area contributed by atoms with Crippen molar-refractivity contribution >= 4 is 0 Å². The van der Waals surface area contributed by atoms with Crippen molar-refractivity contribution in [3.63, 3.8) is 0 Å². The van der Waals surface area contributed by atoms with Crippen molar-refractivity contribution in [3.05, 3.63) is 0 Å². The first-order chi connectivity index (χ1) is 8.13. The van der Waals surface area contributed by atoms with E-state index in [9.17, 15) is 0 Å². The molecule has 0 aromatic carbocycles. The van der Waals surface area contributed by atoms with E-state index in [2.05, 4.69) is 37.9 Å². The Hall–Kier alpha value is -0.0800. The molecule has 17 heavy (non-hydrogen) atoms. The van der Waals surface area contributed by atoms with Gasteiger partial charge in [-0.25, -0.2) is 0 Å². The first kappa shape index (κ1) is 13.4. The average Bonchev–Trinajstić information content (AvgIpc) is 2.61. The summed E-state index contributed by atoms with van der Waals surface area (Å²) in [7, 11) is 0. The SMILES string of the molecule is CCNC1CCN(C2CCC(C)C2C)C(C)C1. The number of hydrogen-bond donors (Lipinski definition) is 1. The molecule has 1 aliphatic heterocycles. The van der Waals surface area contributed by atoms with Gasteiger partial charge >= 0.3 is 0 Å². The largest absolute Gasteiger partial charge is 0.314 e. The van der Waals surface area contributed by atoms with E-state index in [-0.39, 0.29) is 0 Å². The summed E-state index contributed by atoms with van der Waals surface area (Å²) in [6.07, 6.45) is 5.55. The van der Waals surface area contributed by atoms with Crippen molar-refractivity contribution in [3.8, 4) is 0 Å². The van der Waals surface area contributed by atoms with Crippen LogP contribution >= 0.6 is 0 Å². The molecule has 0 amide bonds. The van der Waals surface area contributed by atoms with E-state index < -0.39 is 0 Å². The van der Waals surface area contributed by atoms with Gasteiger partial charge in [-0.15, -0.1) is 0 Å². The van der Waals surface area contributed by atoms with Gasteiger partial charge in [-0.3, -0.25) is 4.90 Å². The Balaban J connectivity index is 1.91. The third-order valence-electron chi connectivity index (χ3n) is 5.27. The van der Waals surface area contributed by atoms with E-state index >= 15 is 0 Å². The Morgan fingerprint density at radius 1 is 1.12 bits per heavy atom. The fourth-order valence-electron chi connectivity index (χ4n) is 3.96. The van der Waals surface area contributed by atoms with Crippen LogP contribution in [0.25, 0.3) is 0 Å². The minimum Gasteiger partial charge on any atom is -0.314 e. The summed E-state index contributed by atoms with van der Waals surface area (Å²) in [6, 6.07) is 2.40. The molecule has 100 valence electrons. The number of rotatable bonds is 3. The zero-order valence-electron chi connectivity index (χ0n) is 12.1. The molecule has 1 saturated carbocycles. The Kier molecular flexibility index (Phi) is 4.48. The molecule has 1 saturated heterocycles. The molecule has 2 rings (SSSR count). The smallest absolute Gasteiger partial charge is 0.0126 e. The van der Waals surface area contributed by atoms with Gasteiger partial charge in [0.05, 0.1) is 0 Å². The third kappa shape index (κ3) is 2.85. The summed E-state index contributed by atoms with van der Waals surface area (Å²) in [6.45, 7) is 12.0. The second-order valence-electron chi connectivity index (χ2n) is 6.35. The summed E-state index contributed by atoms with van der Waals surface area (Å²) < 4.78 is 0. The van der Waals surface area contributed by atoms with E-state index in [1.165, 1.54) is 32.2 Å². The van der Waals surface area contributed by atoms with E-state index in [4.69, 9.17) is 0 Å². The van der Waals surface area contributed by atoms with Crippen molar-refractivity contribution in [2.24, 2.45) is 11.8 Å². The van der Waals surface area contributed by atoms with Crippen LogP contribution in [-0.2, 0) is 0 Å². The quantitative estimate of drug-likeness (QED) is 0.813. The lowest BCUT2D eigenvalue weighted by atomic mass is 9.91. The first-order valence-electron chi connectivity index (χ1n) is 7.62. The summed E-state index contributed by atoms with van der Waals surface area (Å²) in [4.78, 5) is 2.81. The Morgan fingerprint density at radius 3 is 2.41 bits per heavy atom. The molecule has 5 unspecified atom stereocenters. The van der Waals surface area contributed by atoms with E-state index in [0.29, 0.717) is 0 Å². The van der Waals surface area contributed by atoms with Gasteiger partial charge in [0, 0.05) is 24.7 Å². The topological polar surface area (TPSA) is 15.3 Å². The van der Waals surface area contributed by atoms with Gasteiger partial charge in [-0.05, 0) is 51.0 Å². The normalized spacial score (nSPS) is 44.1. The molecule has 0 aromatic heterocycles. The number of nitrogens with zero attached hydrogens (tertiary/aromatic N) is 1. The van der Waals surface area contributed by atoms with Crippen LogP contribution in [-0.4, -0.2) is 36.1 Å². The third-order valence-corrected chi connectivity index (χ3v) is 5.27. The molecular formula is C15H30N2. The lowest BCUT2D eigenvalue weighted by Gasteiger charge is -2.43. The molecule has 2 nitrogen and oxygen atoms in total. The van der Waals surface area contributed by atoms with Crippen molar-refractivity contribution in [1.82, 2.24) is 10.2 Å². The molecule has 1 aliphatic carbocycles. The molecule has 5 atom stereocenters. The van der Waals surface area contributed by atoms with Gasteiger partial charge in [0.2, 0.25) is 0 Å². The molecule has 0 aromatic rings. The van der Waals surface area contributed by atoms with Gasteiger partial charge in [0.15, 0.2) is 0 Å². The molecule has 2 aliphatic rings. The molecule has 0 bridgehead atoms. The summed E-state index contributed by atoms with van der Waals surface area (Å²) in [5.41, 5.74) is 0. The highest BCUT2D eigenvalue weighted by Crippen LogP contribution is 2.37. The second kappa shape index (κ2) is 5.71. The monoisotopic (exact) mass is 238 g/mol. The van der Waals surface area contributed by atoms with E-state index in [0.717, 1.165) is 36.5 Å². The predicted molar refractivity (Wildman–Crippen MR) is 74.2 cm³/mol. The van der Waals surface area contributed by atoms with Crippen LogP contribution in [0, 0.1) is 11.8 Å². The van der Waals surface area contributed by atoms with E-state index in [1.54, 1.807) is 0 Å². The zero-order valence-corrected chi connectivity index (χ0v) is 12.1. The lowest BCUT2D eigenvalue weighted by Crippen LogP contribution is -2.52. The first-order valence-corrected chi connectivity index (χ1v) is 7.62. The fourth-order valence-corrected chi connectivity index (χ4v) is 3.96. The lowest BCUT2D eigenvalue weighted by molar-refractivity contribution is 0.0675. The number of nitrogens with one attached hydrogen (secondary N) is 1. The molecule has 1 heterocycles. The summed E-state index contributed by atoms with van der Waals surface area (Å²) >= 11 is 0. The van der Waals surface area contributed by atoms with Crippen LogP contribution in [0.1, 0.15) is 53.4 Å². The molecule has 2 fully saturated rings. The minimum absolute atomic E-state index is 0.764. The summed E-state index contributed by atoms with van der Waals surface area (Å²) in [5.74, 6) is 1.83. The maximum atomic E-state index is 3.62. The summed E-state index contributed by atoms with van der Waals surface area (Å²) in [5, 5.41) is 3.62. The molecular weight excluding hydrogens is 208 g/mol. The van der Waals surface area contributed by atoms with Gasteiger partial charge in [0.1, 0.15) is 0 Å². The molecule has 2 heteroatoms. The Labute approximate surface area is 107 Å². The predicted octanol–water partition coefficient (Wildman–Crippen LogP) is 2.88. The van der Waals surface area contributed by atoms with Crippen LogP contribution in [0.2, 0.25) is 0 Å². The highest BCUT2D eigenvalue weighted by atomic mass is 15.2. The standard InChI is InChI=1S/C15H30N2/c1-5-16-14-8-9-17(12(3)10-14)15-7-6-11(2)13(15)4/h11-16H,5-10H2,1-4H3. The number of piperidine rings is 1. The second-order valence-corrected chi connectivity index (χ2v) is 6.35. The van der Waals surface area contributed by atoms with Crippen molar-refractivity contribution in [2.75, 3.05) is 13.1 Å². The fraction of sp³-hybridized carbons (Fsp3) is 1.00. The maximum Gasteiger partial charge on any atom is 0.0126 e. The van der Waals surface area contributed by atoms with Crippen LogP contribution in [0.5, 0.6) is 0 Å². The zero-order chi connectivity index (χ0) is 12.4. The minimum atomic E-state index is 0.764. The number of hydrogen-bond acceptors (Lipinski definition) is 2. The van der Waals surface area contributed by atoms with Crippen molar-refractivity contribution in [2.45, 2.75) is 71.5 Å². The van der Waals surface area contributed by atoms with Gasteiger partial charge in [-0.1, -0.05) is 20.8 Å². The highest BCUT2D eigenvalue weighted by molar-refractivity contribution is 4.92. The number of likely N-dealkylation sites (tertiary alicyclic amines) is 1. The van der Waals surface area contributed by atoms with Gasteiger partial charge in [0.25, 0.3) is 0 Å². The van der Waals surface area contributed by atoms with Crippen molar-refractivity contribution < 1.29 is 0 Å². The molecule has 0 spiro atoms. The Morgan fingerprint density at radius 2 is 1.88 bits per heavy atom. The molecule has 0 radical (unpaired) electrons. The van der Waals surface area contributed by atoms with Crippen LogP contribution in [0.4, 0.5) is 0 Å². The molecule has 1 N–H and O–H groups in total. The maximum absolute atomic E-state index is 3.62. The van der Waals surface area contributed by atoms with E-state index in [1.807, 2.05) is 0 Å².